The highest BCUT2D eigenvalue weighted by atomic mass is 32.1. The number of alkyl halides is 3. The van der Waals surface area contributed by atoms with Gasteiger partial charge in [-0.3, -0.25) is 0 Å². The van der Waals surface area contributed by atoms with Gasteiger partial charge in [0.25, 0.3) is 0 Å². The molecule has 3 aromatic carbocycles. The van der Waals surface area contributed by atoms with Gasteiger partial charge in [0.2, 0.25) is 5.60 Å². The first-order chi connectivity index (χ1) is 17.5. The second-order valence-electron chi connectivity index (χ2n) is 9.60. The average Bonchev–Trinajstić information content (AvgIpc) is 3.54. The van der Waals surface area contributed by atoms with E-state index in [0.717, 1.165) is 16.9 Å². The van der Waals surface area contributed by atoms with E-state index in [4.69, 9.17) is 0 Å². The molecule has 2 aromatic heterocycles. The summed E-state index contributed by atoms with van der Waals surface area (Å²) in [5.74, 6) is -1.18. The lowest BCUT2D eigenvalue weighted by molar-refractivity contribution is -0.306. The number of benzene rings is 3. The molecule has 0 saturated heterocycles. The summed E-state index contributed by atoms with van der Waals surface area (Å²) in [5.41, 5.74) is -2.17. The van der Waals surface area contributed by atoms with Crippen molar-refractivity contribution in [2.24, 2.45) is 5.41 Å². The van der Waals surface area contributed by atoms with Crippen molar-refractivity contribution in [3.8, 4) is 5.69 Å². The molecule has 0 amide bonds. The first kappa shape index (κ1) is 25.2. The predicted molar refractivity (Wildman–Crippen MR) is 137 cm³/mol. The van der Waals surface area contributed by atoms with Crippen LogP contribution in [-0.4, -0.2) is 21.1 Å². The van der Waals surface area contributed by atoms with E-state index in [1.54, 1.807) is 65.5 Å². The van der Waals surface area contributed by atoms with Crippen LogP contribution < -0.4 is 0 Å². The molecule has 2 unspecified atom stereocenters. The van der Waals surface area contributed by atoms with Crippen LogP contribution in [0.5, 0.6) is 0 Å². The Morgan fingerprint density at radius 3 is 2.19 bits per heavy atom. The normalized spacial score (nSPS) is 15.0. The number of rotatable bonds is 6. The Kier molecular flexibility index (Phi) is 6.20. The molecule has 0 saturated carbocycles. The van der Waals surface area contributed by atoms with Gasteiger partial charge in [-0.15, -0.1) is 11.3 Å². The van der Waals surface area contributed by atoms with Crippen molar-refractivity contribution in [2.45, 2.75) is 31.5 Å². The van der Waals surface area contributed by atoms with Crippen LogP contribution in [0.3, 0.4) is 0 Å². The Labute approximate surface area is 215 Å². The van der Waals surface area contributed by atoms with Crippen molar-refractivity contribution in [3.63, 3.8) is 0 Å². The summed E-state index contributed by atoms with van der Waals surface area (Å²) < 4.78 is 59.3. The fourth-order valence-corrected chi connectivity index (χ4v) is 6.22. The molecule has 0 spiro atoms. The first-order valence-corrected chi connectivity index (χ1v) is 12.5. The maximum absolute atomic E-state index is 14.7. The fraction of sp³-hybridized carbons (Fsp3) is 0.207. The van der Waals surface area contributed by atoms with Crippen LogP contribution in [0, 0.1) is 11.2 Å². The van der Waals surface area contributed by atoms with Crippen LogP contribution >= 0.6 is 11.3 Å². The van der Waals surface area contributed by atoms with Gasteiger partial charge in [-0.1, -0.05) is 56.3 Å². The summed E-state index contributed by atoms with van der Waals surface area (Å²) in [4.78, 5) is -0.156. The van der Waals surface area contributed by atoms with Crippen molar-refractivity contribution < 1.29 is 22.7 Å². The van der Waals surface area contributed by atoms with Crippen molar-refractivity contribution in [1.82, 2.24) is 9.78 Å². The standard InChI is InChI=1S/C29H24F4N2OS/c1-27(2,28(36,29(31,32)33)25-9-6-16-37-25)26(19-7-4-3-5-8-19)20-10-15-24-21(17-20)18-34-35(24)23-13-11-22(30)12-14-23/h3-18,26,36H,1-2H3. The SMILES string of the molecule is CC(C)(C(c1ccccc1)c1ccc2c(cnn2-c2ccc(F)cc2)c1)C(O)(c1cccs1)C(F)(F)F. The molecule has 2 heterocycles. The average molecular weight is 525 g/mol. The molecule has 1 N–H and O–H groups in total. The lowest BCUT2D eigenvalue weighted by Gasteiger charge is -2.48. The van der Waals surface area contributed by atoms with Gasteiger partial charge in [-0.25, -0.2) is 9.07 Å². The van der Waals surface area contributed by atoms with Gasteiger partial charge >= 0.3 is 6.18 Å². The molecule has 5 rings (SSSR count). The minimum atomic E-state index is -4.92. The van der Waals surface area contributed by atoms with Gasteiger partial charge in [0.05, 0.1) is 17.4 Å². The topological polar surface area (TPSA) is 38.0 Å². The third-order valence-corrected chi connectivity index (χ3v) is 8.05. The van der Waals surface area contributed by atoms with E-state index in [9.17, 15) is 22.7 Å². The summed E-state index contributed by atoms with van der Waals surface area (Å²) in [6, 6.07) is 23.0. The fourth-order valence-electron chi connectivity index (χ4n) is 5.21. The van der Waals surface area contributed by atoms with E-state index in [-0.39, 0.29) is 10.7 Å². The Morgan fingerprint density at radius 1 is 0.865 bits per heavy atom. The summed E-state index contributed by atoms with van der Waals surface area (Å²) in [7, 11) is 0. The lowest BCUT2D eigenvalue weighted by atomic mass is 9.61. The Hall–Kier alpha value is -3.49. The molecular formula is C29H24F4N2OS. The second kappa shape index (κ2) is 9.11. The monoisotopic (exact) mass is 524 g/mol. The zero-order valence-corrected chi connectivity index (χ0v) is 20.9. The van der Waals surface area contributed by atoms with E-state index in [1.807, 2.05) is 6.07 Å². The molecule has 0 aliphatic heterocycles. The molecule has 0 aliphatic carbocycles. The summed E-state index contributed by atoms with van der Waals surface area (Å²) >= 11 is 0.886. The van der Waals surface area contributed by atoms with Crippen LogP contribution in [0.15, 0.2) is 96.5 Å². The number of halogens is 4. The van der Waals surface area contributed by atoms with Crippen LogP contribution in [-0.2, 0) is 5.60 Å². The van der Waals surface area contributed by atoms with Gasteiger partial charge in [0, 0.05) is 21.6 Å². The zero-order chi connectivity index (χ0) is 26.4. The zero-order valence-electron chi connectivity index (χ0n) is 20.1. The smallest absolute Gasteiger partial charge is 0.375 e. The van der Waals surface area contributed by atoms with Gasteiger partial charge < -0.3 is 5.11 Å². The van der Waals surface area contributed by atoms with E-state index >= 15 is 0 Å². The second-order valence-corrected chi connectivity index (χ2v) is 10.5. The molecule has 0 aliphatic rings. The lowest BCUT2D eigenvalue weighted by Crippen LogP contribution is -2.55. The minimum Gasteiger partial charge on any atom is -0.375 e. The molecule has 3 nitrogen and oxygen atoms in total. The van der Waals surface area contributed by atoms with Gasteiger partial charge in [-0.05, 0) is 59.0 Å². The van der Waals surface area contributed by atoms with E-state index in [1.165, 1.54) is 43.5 Å². The summed E-state index contributed by atoms with van der Waals surface area (Å²) in [6.07, 6.45) is -3.29. The molecule has 0 bridgehead atoms. The van der Waals surface area contributed by atoms with E-state index in [2.05, 4.69) is 5.10 Å². The van der Waals surface area contributed by atoms with E-state index in [0.29, 0.717) is 22.2 Å². The van der Waals surface area contributed by atoms with E-state index < -0.39 is 23.1 Å². The summed E-state index contributed by atoms with van der Waals surface area (Å²) in [6.45, 7) is 2.92. The molecule has 5 aromatic rings. The van der Waals surface area contributed by atoms with Crippen molar-refractivity contribution in [2.75, 3.05) is 0 Å². The molecule has 2 atom stereocenters. The highest BCUT2D eigenvalue weighted by Gasteiger charge is 2.66. The van der Waals surface area contributed by atoms with Gasteiger partial charge in [0.15, 0.2) is 0 Å². The number of nitrogens with zero attached hydrogens (tertiary/aromatic N) is 2. The number of thiophene rings is 1. The van der Waals surface area contributed by atoms with Crippen LogP contribution in [0.4, 0.5) is 17.6 Å². The van der Waals surface area contributed by atoms with Crippen molar-refractivity contribution in [3.05, 3.63) is 118 Å². The van der Waals surface area contributed by atoms with Gasteiger partial charge in [0.1, 0.15) is 5.82 Å². The highest BCUT2D eigenvalue weighted by Crippen LogP contribution is 2.59. The van der Waals surface area contributed by atoms with Crippen molar-refractivity contribution in [1.29, 1.82) is 0 Å². The van der Waals surface area contributed by atoms with Crippen LogP contribution in [0.25, 0.3) is 16.6 Å². The highest BCUT2D eigenvalue weighted by molar-refractivity contribution is 7.10. The Balaban J connectivity index is 1.69. The number of aliphatic hydroxyl groups is 1. The third kappa shape index (κ3) is 4.14. The maximum Gasteiger partial charge on any atom is 0.422 e. The third-order valence-electron chi connectivity index (χ3n) is 7.07. The predicted octanol–water partition coefficient (Wildman–Crippen LogP) is 7.83. The Bertz CT molecular complexity index is 1510. The first-order valence-electron chi connectivity index (χ1n) is 11.7. The Morgan fingerprint density at radius 2 is 1.57 bits per heavy atom. The minimum absolute atomic E-state index is 0.156. The summed E-state index contributed by atoms with van der Waals surface area (Å²) in [5, 5.41) is 18.2. The molecule has 37 heavy (non-hydrogen) atoms. The largest absolute Gasteiger partial charge is 0.422 e. The number of hydrogen-bond donors (Lipinski definition) is 1. The van der Waals surface area contributed by atoms with Crippen LogP contribution in [0.1, 0.15) is 35.8 Å². The molecule has 0 fully saturated rings. The molecule has 190 valence electrons. The molecular weight excluding hydrogens is 500 g/mol. The van der Waals surface area contributed by atoms with Crippen molar-refractivity contribution >= 4 is 22.2 Å². The molecule has 0 radical (unpaired) electrons. The maximum atomic E-state index is 14.7. The molecule has 8 heteroatoms. The number of fused-ring (bicyclic) bond motifs is 1. The quantitative estimate of drug-likeness (QED) is 0.230. The van der Waals surface area contributed by atoms with Gasteiger partial charge in [-0.2, -0.15) is 18.3 Å². The number of aromatic nitrogens is 2. The number of hydrogen-bond acceptors (Lipinski definition) is 3. The van der Waals surface area contributed by atoms with Crippen LogP contribution in [0.2, 0.25) is 0 Å².